The molecule has 0 aromatic heterocycles. The average molecular weight is 271 g/mol. The zero-order chi connectivity index (χ0) is 14.5. The summed E-state index contributed by atoms with van der Waals surface area (Å²) in [5.41, 5.74) is -0.202. The van der Waals surface area contributed by atoms with Gasteiger partial charge in [-0.05, 0) is 53.0 Å². The van der Waals surface area contributed by atoms with Gasteiger partial charge in [-0.15, -0.1) is 0 Å². The molecule has 1 aliphatic heterocycles. The number of likely N-dealkylation sites (tertiary alicyclic amines) is 1. The van der Waals surface area contributed by atoms with Gasteiger partial charge in [-0.25, -0.2) is 4.79 Å². The average Bonchev–Trinajstić information content (AvgIpc) is 2.27. The molecule has 5 nitrogen and oxygen atoms in total. The predicted molar refractivity (Wildman–Crippen MR) is 77.1 cm³/mol. The van der Waals surface area contributed by atoms with Crippen molar-refractivity contribution in [1.29, 1.82) is 0 Å². The predicted octanol–water partition coefficient (Wildman–Crippen LogP) is 1.18. The van der Waals surface area contributed by atoms with Crippen molar-refractivity contribution >= 4 is 6.03 Å². The third-order valence-corrected chi connectivity index (χ3v) is 3.43. The van der Waals surface area contributed by atoms with Crippen molar-refractivity contribution < 1.29 is 9.90 Å². The number of amides is 2. The van der Waals surface area contributed by atoms with E-state index in [4.69, 9.17) is 0 Å². The molecule has 1 fully saturated rings. The lowest BCUT2D eigenvalue weighted by Gasteiger charge is -2.34. The van der Waals surface area contributed by atoms with Gasteiger partial charge in [0.2, 0.25) is 0 Å². The first-order chi connectivity index (χ1) is 8.78. The van der Waals surface area contributed by atoms with Crippen LogP contribution in [0.4, 0.5) is 4.79 Å². The van der Waals surface area contributed by atoms with Crippen molar-refractivity contribution in [2.24, 2.45) is 5.92 Å². The van der Waals surface area contributed by atoms with Crippen LogP contribution in [-0.4, -0.2) is 53.9 Å². The molecule has 2 unspecified atom stereocenters. The van der Waals surface area contributed by atoms with Crippen LogP contribution in [-0.2, 0) is 0 Å². The van der Waals surface area contributed by atoms with Gasteiger partial charge < -0.3 is 20.6 Å². The molecular weight excluding hydrogens is 242 g/mol. The summed E-state index contributed by atoms with van der Waals surface area (Å²) >= 11 is 0. The second kappa shape index (κ2) is 7.10. The fourth-order valence-corrected chi connectivity index (χ4v) is 2.40. The molecule has 1 heterocycles. The molecular formula is C14H29N3O2. The van der Waals surface area contributed by atoms with E-state index in [9.17, 15) is 9.90 Å². The van der Waals surface area contributed by atoms with Gasteiger partial charge in [0.1, 0.15) is 0 Å². The second-order valence-electron chi connectivity index (χ2n) is 6.57. The molecule has 1 rings (SSSR count). The summed E-state index contributed by atoms with van der Waals surface area (Å²) in [5, 5.41) is 15.4. The number of aliphatic hydroxyl groups is 1. The summed E-state index contributed by atoms with van der Waals surface area (Å²) in [5.74, 6) is 0.372. The first kappa shape index (κ1) is 16.2. The lowest BCUT2D eigenvalue weighted by molar-refractivity contribution is 0.0635. The number of carbonyl (C=O) groups is 1. The minimum atomic E-state index is -0.236. The van der Waals surface area contributed by atoms with Gasteiger partial charge >= 0.3 is 6.03 Å². The fraction of sp³-hybridized carbons (Fsp3) is 0.929. The minimum absolute atomic E-state index is 0.114. The lowest BCUT2D eigenvalue weighted by Crippen LogP contribution is -2.49. The first-order valence-corrected chi connectivity index (χ1v) is 7.24. The Hall–Kier alpha value is -0.810. The van der Waals surface area contributed by atoms with Gasteiger partial charge in [-0.1, -0.05) is 0 Å². The molecule has 0 aliphatic carbocycles. The van der Waals surface area contributed by atoms with Crippen molar-refractivity contribution in [1.82, 2.24) is 15.5 Å². The van der Waals surface area contributed by atoms with E-state index in [2.05, 4.69) is 15.5 Å². The van der Waals surface area contributed by atoms with Crippen LogP contribution in [0.3, 0.4) is 0 Å². The van der Waals surface area contributed by atoms with Crippen LogP contribution in [0.25, 0.3) is 0 Å². The number of hydrogen-bond acceptors (Lipinski definition) is 3. The zero-order valence-corrected chi connectivity index (χ0v) is 12.7. The third-order valence-electron chi connectivity index (χ3n) is 3.43. The Morgan fingerprint density at radius 2 is 2.16 bits per heavy atom. The summed E-state index contributed by atoms with van der Waals surface area (Å²) in [7, 11) is 0. The summed E-state index contributed by atoms with van der Waals surface area (Å²) in [6, 6.07) is -0.114. The van der Waals surface area contributed by atoms with Gasteiger partial charge in [0.05, 0.1) is 6.10 Å². The van der Waals surface area contributed by atoms with Gasteiger partial charge in [0.25, 0.3) is 0 Å². The summed E-state index contributed by atoms with van der Waals surface area (Å²) < 4.78 is 0. The molecule has 0 radical (unpaired) electrons. The van der Waals surface area contributed by atoms with Gasteiger partial charge in [0.15, 0.2) is 0 Å². The van der Waals surface area contributed by atoms with Crippen molar-refractivity contribution in [3.63, 3.8) is 0 Å². The van der Waals surface area contributed by atoms with Crippen LogP contribution in [0.1, 0.15) is 40.5 Å². The molecule has 0 aromatic carbocycles. The highest BCUT2D eigenvalue weighted by atomic mass is 16.3. The van der Waals surface area contributed by atoms with Crippen LogP contribution in [0.2, 0.25) is 0 Å². The zero-order valence-electron chi connectivity index (χ0n) is 12.7. The summed E-state index contributed by atoms with van der Waals surface area (Å²) in [6.07, 6.45) is 2.00. The standard InChI is InChI=1S/C14H29N3O2/c1-11(18)12-6-5-8-17(10-12)9-7-15-13(19)16-14(2,3)4/h11-12,18H,5-10H2,1-4H3,(H2,15,16,19). The SMILES string of the molecule is CC(O)C1CCCN(CCNC(=O)NC(C)(C)C)C1. The molecule has 0 saturated carbocycles. The van der Waals surface area contributed by atoms with E-state index in [1.165, 1.54) is 0 Å². The third kappa shape index (κ3) is 6.78. The number of nitrogens with one attached hydrogen (secondary N) is 2. The van der Waals surface area contributed by atoms with E-state index in [1.807, 2.05) is 27.7 Å². The van der Waals surface area contributed by atoms with E-state index in [1.54, 1.807) is 0 Å². The van der Waals surface area contributed by atoms with E-state index >= 15 is 0 Å². The Morgan fingerprint density at radius 1 is 1.47 bits per heavy atom. The molecule has 5 heteroatoms. The number of nitrogens with zero attached hydrogens (tertiary/aromatic N) is 1. The van der Waals surface area contributed by atoms with E-state index in [0.29, 0.717) is 12.5 Å². The van der Waals surface area contributed by atoms with Crippen LogP contribution in [0, 0.1) is 5.92 Å². The number of piperidine rings is 1. The number of carbonyl (C=O) groups excluding carboxylic acids is 1. The van der Waals surface area contributed by atoms with Crippen molar-refractivity contribution in [3.05, 3.63) is 0 Å². The molecule has 0 bridgehead atoms. The maximum absolute atomic E-state index is 11.6. The Morgan fingerprint density at radius 3 is 2.74 bits per heavy atom. The number of hydrogen-bond donors (Lipinski definition) is 3. The highest BCUT2D eigenvalue weighted by Crippen LogP contribution is 2.19. The van der Waals surface area contributed by atoms with Gasteiger partial charge in [0, 0.05) is 25.2 Å². The Balaban J connectivity index is 2.20. The maximum atomic E-state index is 11.6. The van der Waals surface area contributed by atoms with Gasteiger partial charge in [-0.2, -0.15) is 0 Å². The quantitative estimate of drug-likeness (QED) is 0.719. The van der Waals surface area contributed by atoms with Crippen molar-refractivity contribution in [2.45, 2.75) is 52.2 Å². The molecule has 112 valence electrons. The van der Waals surface area contributed by atoms with E-state index in [-0.39, 0.29) is 17.7 Å². The fourth-order valence-electron chi connectivity index (χ4n) is 2.40. The monoisotopic (exact) mass is 271 g/mol. The van der Waals surface area contributed by atoms with Crippen molar-refractivity contribution in [3.8, 4) is 0 Å². The molecule has 1 saturated heterocycles. The second-order valence-corrected chi connectivity index (χ2v) is 6.57. The smallest absolute Gasteiger partial charge is 0.315 e. The van der Waals surface area contributed by atoms with E-state index in [0.717, 1.165) is 32.5 Å². The van der Waals surface area contributed by atoms with Crippen molar-refractivity contribution in [2.75, 3.05) is 26.2 Å². The number of aliphatic hydroxyl groups excluding tert-OH is 1. The lowest BCUT2D eigenvalue weighted by atomic mass is 9.93. The Bertz CT molecular complexity index is 287. The Kier molecular flexibility index (Phi) is 6.07. The van der Waals surface area contributed by atoms with Crippen LogP contribution in [0.15, 0.2) is 0 Å². The maximum Gasteiger partial charge on any atom is 0.315 e. The van der Waals surface area contributed by atoms with Crippen LogP contribution >= 0.6 is 0 Å². The molecule has 3 N–H and O–H groups in total. The number of rotatable bonds is 4. The molecule has 1 aliphatic rings. The molecule has 2 amide bonds. The summed E-state index contributed by atoms with van der Waals surface area (Å²) in [6.45, 7) is 11.2. The number of urea groups is 1. The van der Waals surface area contributed by atoms with Crippen LogP contribution < -0.4 is 10.6 Å². The first-order valence-electron chi connectivity index (χ1n) is 7.24. The minimum Gasteiger partial charge on any atom is -0.393 e. The topological polar surface area (TPSA) is 64.6 Å². The Labute approximate surface area is 116 Å². The largest absolute Gasteiger partial charge is 0.393 e. The molecule has 2 atom stereocenters. The normalized spacial score (nSPS) is 22.9. The van der Waals surface area contributed by atoms with E-state index < -0.39 is 0 Å². The molecule has 19 heavy (non-hydrogen) atoms. The molecule has 0 aromatic rings. The highest BCUT2D eigenvalue weighted by molar-refractivity contribution is 5.74. The highest BCUT2D eigenvalue weighted by Gasteiger charge is 2.23. The van der Waals surface area contributed by atoms with Crippen LogP contribution in [0.5, 0.6) is 0 Å². The summed E-state index contributed by atoms with van der Waals surface area (Å²) in [4.78, 5) is 13.9. The molecule has 0 spiro atoms. The van der Waals surface area contributed by atoms with Gasteiger partial charge in [-0.3, -0.25) is 0 Å².